The molecule has 0 saturated carbocycles. The molecule has 0 fully saturated rings. The highest BCUT2D eigenvalue weighted by Gasteiger charge is 2.33. The minimum Gasteiger partial charge on any atom is -0.494 e. The predicted octanol–water partition coefficient (Wildman–Crippen LogP) is 4.98. The van der Waals surface area contributed by atoms with Crippen molar-refractivity contribution in [2.24, 2.45) is 4.99 Å². The van der Waals surface area contributed by atoms with Crippen LogP contribution in [0.25, 0.3) is 17.4 Å². The second-order valence-electron chi connectivity index (χ2n) is 9.70. The summed E-state index contributed by atoms with van der Waals surface area (Å²) in [6.07, 6.45) is 1.61. The van der Waals surface area contributed by atoms with Crippen LogP contribution in [0.2, 0.25) is 0 Å². The molecule has 0 radical (unpaired) electrons. The van der Waals surface area contributed by atoms with E-state index in [9.17, 15) is 19.7 Å². The van der Waals surface area contributed by atoms with Crippen molar-refractivity contribution in [1.82, 2.24) is 4.57 Å². The molecular weight excluding hydrogens is 558 g/mol. The predicted molar refractivity (Wildman–Crippen MR) is 158 cm³/mol. The monoisotopic (exact) mass is 587 g/mol. The van der Waals surface area contributed by atoms with Crippen LogP contribution in [0.15, 0.2) is 74.0 Å². The number of aromatic nitrogens is 1. The number of ether oxygens (including phenoxy) is 2. The van der Waals surface area contributed by atoms with Gasteiger partial charge in [-0.05, 0) is 76.1 Å². The summed E-state index contributed by atoms with van der Waals surface area (Å²) in [5.41, 5.74) is 3.07. The maximum atomic E-state index is 13.8. The van der Waals surface area contributed by atoms with E-state index in [0.29, 0.717) is 55.6 Å². The molecule has 2 aromatic carbocycles. The van der Waals surface area contributed by atoms with E-state index in [1.807, 2.05) is 32.0 Å². The third-order valence-electron chi connectivity index (χ3n) is 7.05. The molecule has 0 amide bonds. The molecule has 0 unspecified atom stereocenters. The largest absolute Gasteiger partial charge is 0.494 e. The summed E-state index contributed by atoms with van der Waals surface area (Å²) < 4.78 is 18.8. The fourth-order valence-electron chi connectivity index (χ4n) is 4.91. The molecule has 5 rings (SSSR count). The van der Waals surface area contributed by atoms with Crippen molar-refractivity contribution in [2.45, 2.75) is 40.7 Å². The highest BCUT2D eigenvalue weighted by molar-refractivity contribution is 7.07. The van der Waals surface area contributed by atoms with E-state index >= 15 is 0 Å². The van der Waals surface area contributed by atoms with E-state index < -0.39 is 16.9 Å². The summed E-state index contributed by atoms with van der Waals surface area (Å²) in [5.74, 6) is 0.975. The number of rotatable bonds is 8. The number of carbonyl (C=O) groups is 1. The van der Waals surface area contributed by atoms with Crippen LogP contribution in [-0.4, -0.2) is 28.7 Å². The number of hydrogen-bond donors (Lipinski definition) is 0. The highest BCUT2D eigenvalue weighted by atomic mass is 32.1. The van der Waals surface area contributed by atoms with Crippen molar-refractivity contribution in [3.8, 4) is 17.1 Å². The molecule has 1 aliphatic rings. The minimum atomic E-state index is -0.749. The summed E-state index contributed by atoms with van der Waals surface area (Å²) in [6, 6.07) is 13.2. The molecule has 1 aliphatic heterocycles. The quantitative estimate of drug-likeness (QED) is 0.162. The fourth-order valence-corrected chi connectivity index (χ4v) is 5.93. The topological polar surface area (TPSA) is 126 Å². The van der Waals surface area contributed by atoms with Crippen molar-refractivity contribution in [2.75, 3.05) is 13.2 Å². The summed E-state index contributed by atoms with van der Waals surface area (Å²) in [4.78, 5) is 43.1. The molecule has 2 aromatic heterocycles. The Kier molecular flexibility index (Phi) is 7.95. The van der Waals surface area contributed by atoms with Crippen LogP contribution in [-0.2, 0) is 9.53 Å². The molecule has 10 nitrogen and oxygen atoms in total. The average Bonchev–Trinajstić information content (AvgIpc) is 3.54. The Morgan fingerprint density at radius 3 is 2.52 bits per heavy atom. The Labute approximate surface area is 245 Å². The third-order valence-corrected chi connectivity index (χ3v) is 8.03. The van der Waals surface area contributed by atoms with Crippen molar-refractivity contribution in [1.29, 1.82) is 0 Å². The first-order valence-corrected chi connectivity index (χ1v) is 14.2. The fraction of sp³-hybridized carbons (Fsp3) is 0.258. The van der Waals surface area contributed by atoms with Crippen LogP contribution < -0.4 is 19.6 Å². The first kappa shape index (κ1) is 28.7. The summed E-state index contributed by atoms with van der Waals surface area (Å²) in [5, 5.41) is 11.5. The molecule has 3 heterocycles. The van der Waals surface area contributed by atoms with Crippen molar-refractivity contribution in [3.05, 3.63) is 112 Å². The van der Waals surface area contributed by atoms with Crippen LogP contribution >= 0.6 is 11.3 Å². The lowest BCUT2D eigenvalue weighted by molar-refractivity contribution is -0.385. The average molecular weight is 588 g/mol. The molecule has 1 atom stereocenters. The minimum absolute atomic E-state index is 0.0123. The molecule has 0 spiro atoms. The molecule has 0 saturated heterocycles. The number of hydrogen-bond acceptors (Lipinski definition) is 9. The van der Waals surface area contributed by atoms with E-state index in [4.69, 9.17) is 13.9 Å². The Morgan fingerprint density at radius 2 is 1.86 bits per heavy atom. The van der Waals surface area contributed by atoms with Gasteiger partial charge in [0, 0.05) is 23.3 Å². The zero-order valence-corrected chi connectivity index (χ0v) is 24.6. The van der Waals surface area contributed by atoms with E-state index in [2.05, 4.69) is 4.99 Å². The number of nitrogens with zero attached hydrogens (tertiary/aromatic N) is 3. The molecule has 0 aliphatic carbocycles. The Morgan fingerprint density at radius 1 is 1.12 bits per heavy atom. The summed E-state index contributed by atoms with van der Waals surface area (Å²) in [6.45, 7) is 9.56. The Balaban J connectivity index is 1.61. The van der Waals surface area contributed by atoms with Crippen molar-refractivity contribution < 1.29 is 23.6 Å². The molecule has 216 valence electrons. The number of fused-ring (bicyclic) bond motifs is 1. The van der Waals surface area contributed by atoms with Crippen LogP contribution in [0.3, 0.4) is 0 Å². The SMILES string of the molecule is CCOC(=O)C1=C(C)N=c2s/c(=C\c3ccc(-c4cc(C)c(C)c([N+](=O)[O-])c4)o3)c(=O)n2[C@@H]1c1ccc(OCC)cc1. The standard InChI is InChI=1S/C31H29N3O7S/c1-6-39-22-10-8-20(9-11-22)28-27(30(36)40-7-2)19(5)32-31-33(28)29(35)26(42-31)16-23-12-13-25(41-23)21-14-17(3)18(4)24(15-21)34(37)38/h8-16,28H,6-7H2,1-5H3/b26-16-/t28-/m1/s1. The number of nitro benzene ring substituents is 1. The van der Waals surface area contributed by atoms with E-state index in [-0.39, 0.29) is 23.4 Å². The number of allylic oxidation sites excluding steroid dienone is 1. The van der Waals surface area contributed by atoms with Gasteiger partial charge >= 0.3 is 5.97 Å². The van der Waals surface area contributed by atoms with Gasteiger partial charge in [-0.3, -0.25) is 19.5 Å². The summed E-state index contributed by atoms with van der Waals surface area (Å²) >= 11 is 1.18. The highest BCUT2D eigenvalue weighted by Crippen LogP contribution is 2.33. The molecule has 42 heavy (non-hydrogen) atoms. The number of aryl methyl sites for hydroxylation is 1. The van der Waals surface area contributed by atoms with E-state index in [1.165, 1.54) is 22.0 Å². The second kappa shape index (κ2) is 11.6. The van der Waals surface area contributed by atoms with Gasteiger partial charge in [0.15, 0.2) is 4.80 Å². The van der Waals surface area contributed by atoms with Crippen molar-refractivity contribution in [3.63, 3.8) is 0 Å². The number of thiazole rings is 1. The lowest BCUT2D eigenvalue weighted by Crippen LogP contribution is -2.39. The molecule has 0 N–H and O–H groups in total. The first-order chi connectivity index (χ1) is 20.1. The molecule has 0 bridgehead atoms. The van der Waals surface area contributed by atoms with Gasteiger partial charge in [-0.1, -0.05) is 23.5 Å². The van der Waals surface area contributed by atoms with Crippen LogP contribution in [0, 0.1) is 24.0 Å². The van der Waals surface area contributed by atoms with Crippen LogP contribution in [0.5, 0.6) is 5.75 Å². The number of nitro groups is 1. The van der Waals surface area contributed by atoms with E-state index in [0.717, 1.165) is 5.56 Å². The lowest BCUT2D eigenvalue weighted by atomic mass is 9.96. The van der Waals surface area contributed by atoms with Crippen LogP contribution in [0.4, 0.5) is 5.69 Å². The summed E-state index contributed by atoms with van der Waals surface area (Å²) in [7, 11) is 0. The lowest BCUT2D eigenvalue weighted by Gasteiger charge is -2.24. The molecule has 11 heteroatoms. The molecular formula is C31H29N3O7S. The molecule has 4 aromatic rings. The van der Waals surface area contributed by atoms with Gasteiger partial charge in [0.05, 0.1) is 40.0 Å². The van der Waals surface area contributed by atoms with Gasteiger partial charge in [-0.15, -0.1) is 0 Å². The maximum Gasteiger partial charge on any atom is 0.338 e. The van der Waals surface area contributed by atoms with Gasteiger partial charge in [0.1, 0.15) is 17.3 Å². The third kappa shape index (κ3) is 5.30. The zero-order valence-electron chi connectivity index (χ0n) is 23.8. The van der Waals surface area contributed by atoms with Gasteiger partial charge < -0.3 is 13.9 Å². The van der Waals surface area contributed by atoms with Gasteiger partial charge in [0.25, 0.3) is 11.2 Å². The second-order valence-corrected chi connectivity index (χ2v) is 10.7. The Bertz CT molecular complexity index is 1910. The Hall–Kier alpha value is -4.77. The van der Waals surface area contributed by atoms with Gasteiger partial charge in [0.2, 0.25) is 0 Å². The first-order valence-electron chi connectivity index (χ1n) is 13.4. The van der Waals surface area contributed by atoms with Gasteiger partial charge in [-0.25, -0.2) is 9.79 Å². The normalized spacial score (nSPS) is 14.9. The van der Waals surface area contributed by atoms with Crippen molar-refractivity contribution >= 4 is 29.1 Å². The zero-order chi connectivity index (χ0) is 30.1. The van der Waals surface area contributed by atoms with Crippen LogP contribution in [0.1, 0.15) is 49.3 Å². The maximum absolute atomic E-state index is 13.8. The van der Waals surface area contributed by atoms with Gasteiger partial charge in [-0.2, -0.15) is 0 Å². The van der Waals surface area contributed by atoms with E-state index in [1.54, 1.807) is 51.1 Å². The number of carbonyl (C=O) groups excluding carboxylic acids is 1. The number of benzene rings is 2. The number of furan rings is 1. The smallest absolute Gasteiger partial charge is 0.338 e. The number of esters is 1.